The van der Waals surface area contributed by atoms with Crippen LogP contribution < -0.4 is 5.73 Å². The van der Waals surface area contributed by atoms with Crippen LogP contribution in [0.2, 0.25) is 0 Å². The third kappa shape index (κ3) is 3.46. The molecule has 17 heavy (non-hydrogen) atoms. The Morgan fingerprint density at radius 3 is 2.76 bits per heavy atom. The van der Waals surface area contributed by atoms with Crippen LogP contribution in [0, 0.1) is 18.7 Å². The third-order valence-electron chi connectivity index (χ3n) is 3.54. The molecule has 1 heterocycles. The van der Waals surface area contributed by atoms with E-state index in [1.807, 2.05) is 23.9 Å². The van der Waals surface area contributed by atoms with E-state index in [0.29, 0.717) is 5.56 Å². The molecule has 0 saturated carbocycles. The molecule has 1 aromatic rings. The van der Waals surface area contributed by atoms with Gasteiger partial charge in [-0.15, -0.1) is 0 Å². The molecule has 0 spiro atoms. The first kappa shape index (κ1) is 12.9. The highest BCUT2D eigenvalue weighted by atomic mass is 32.2. The van der Waals surface area contributed by atoms with Crippen molar-refractivity contribution in [3.8, 4) is 0 Å². The predicted octanol–water partition coefficient (Wildman–Crippen LogP) is 3.67. The molecule has 0 aliphatic carbocycles. The van der Waals surface area contributed by atoms with Crippen molar-refractivity contribution in [3.63, 3.8) is 0 Å². The Balaban J connectivity index is 1.98. The van der Waals surface area contributed by atoms with Gasteiger partial charge in [0, 0.05) is 6.04 Å². The van der Waals surface area contributed by atoms with Crippen LogP contribution in [0.1, 0.15) is 36.4 Å². The van der Waals surface area contributed by atoms with Crippen LogP contribution >= 0.6 is 11.8 Å². The Hall–Kier alpha value is -0.540. The van der Waals surface area contributed by atoms with Gasteiger partial charge in [0.15, 0.2) is 0 Å². The van der Waals surface area contributed by atoms with Gasteiger partial charge in [-0.1, -0.05) is 12.1 Å². The Bertz CT molecular complexity index is 374. The fourth-order valence-corrected chi connectivity index (χ4v) is 3.58. The zero-order valence-corrected chi connectivity index (χ0v) is 11.1. The van der Waals surface area contributed by atoms with Crippen LogP contribution in [0.3, 0.4) is 0 Å². The molecule has 1 fully saturated rings. The van der Waals surface area contributed by atoms with Gasteiger partial charge in [-0.2, -0.15) is 11.8 Å². The van der Waals surface area contributed by atoms with Crippen molar-refractivity contribution in [3.05, 3.63) is 35.1 Å². The molecule has 3 heteroatoms. The first-order chi connectivity index (χ1) is 8.16. The number of thioether (sulfide) groups is 1. The summed E-state index contributed by atoms with van der Waals surface area (Å²) in [4.78, 5) is 0. The number of benzene rings is 1. The minimum absolute atomic E-state index is 0.0578. The first-order valence-corrected chi connectivity index (χ1v) is 7.41. The molecule has 1 aromatic carbocycles. The largest absolute Gasteiger partial charge is 0.324 e. The van der Waals surface area contributed by atoms with Gasteiger partial charge in [-0.3, -0.25) is 0 Å². The molecular weight excluding hydrogens is 233 g/mol. The van der Waals surface area contributed by atoms with Crippen LogP contribution in [0.15, 0.2) is 18.2 Å². The monoisotopic (exact) mass is 253 g/mol. The summed E-state index contributed by atoms with van der Waals surface area (Å²) < 4.78 is 13.2. The molecule has 1 unspecified atom stereocenters. The number of rotatable bonds is 3. The van der Waals surface area contributed by atoms with Gasteiger partial charge >= 0.3 is 0 Å². The number of nitrogens with two attached hydrogens (primary N) is 1. The Labute approximate surface area is 107 Å². The van der Waals surface area contributed by atoms with E-state index >= 15 is 0 Å². The van der Waals surface area contributed by atoms with E-state index in [2.05, 4.69) is 0 Å². The highest BCUT2D eigenvalue weighted by molar-refractivity contribution is 7.99. The fourth-order valence-electron chi connectivity index (χ4n) is 2.38. The van der Waals surface area contributed by atoms with Gasteiger partial charge in [0.05, 0.1) is 0 Å². The molecule has 94 valence electrons. The Morgan fingerprint density at radius 2 is 2.12 bits per heavy atom. The molecule has 2 rings (SSSR count). The molecule has 1 nitrogen and oxygen atoms in total. The molecule has 0 aromatic heterocycles. The zero-order chi connectivity index (χ0) is 12.3. The lowest BCUT2D eigenvalue weighted by Gasteiger charge is -2.24. The average Bonchev–Trinajstić information content (AvgIpc) is 2.34. The lowest BCUT2D eigenvalue weighted by Crippen LogP contribution is -2.19. The molecule has 1 aliphatic rings. The lowest BCUT2D eigenvalue weighted by atomic mass is 9.91. The minimum Gasteiger partial charge on any atom is -0.324 e. The normalized spacial score (nSPS) is 19.2. The molecule has 1 aliphatic heterocycles. The third-order valence-corrected chi connectivity index (χ3v) is 4.59. The van der Waals surface area contributed by atoms with Crippen LogP contribution in [0.5, 0.6) is 0 Å². The zero-order valence-electron chi connectivity index (χ0n) is 10.3. The molecule has 1 saturated heterocycles. The molecule has 0 amide bonds. The van der Waals surface area contributed by atoms with Gasteiger partial charge in [-0.05, 0) is 60.8 Å². The van der Waals surface area contributed by atoms with Gasteiger partial charge in [-0.25, -0.2) is 4.39 Å². The fraction of sp³-hybridized carbons (Fsp3) is 0.571. The maximum absolute atomic E-state index is 13.2. The van der Waals surface area contributed by atoms with E-state index in [0.717, 1.165) is 17.9 Å². The number of hydrogen-bond donors (Lipinski definition) is 1. The van der Waals surface area contributed by atoms with E-state index < -0.39 is 0 Å². The van der Waals surface area contributed by atoms with Crippen LogP contribution in [0.25, 0.3) is 0 Å². The highest BCUT2D eigenvalue weighted by Crippen LogP contribution is 2.30. The van der Waals surface area contributed by atoms with Crippen molar-refractivity contribution in [2.75, 3.05) is 11.5 Å². The second-order valence-corrected chi connectivity index (χ2v) is 6.13. The summed E-state index contributed by atoms with van der Waals surface area (Å²) >= 11 is 2.04. The summed E-state index contributed by atoms with van der Waals surface area (Å²) in [6.07, 6.45) is 3.59. The number of hydrogen-bond acceptors (Lipinski definition) is 2. The van der Waals surface area contributed by atoms with Crippen molar-refractivity contribution in [1.29, 1.82) is 0 Å². The van der Waals surface area contributed by atoms with Gasteiger partial charge in [0.25, 0.3) is 0 Å². The minimum atomic E-state index is -0.144. The van der Waals surface area contributed by atoms with Gasteiger partial charge in [0.2, 0.25) is 0 Å². The molecule has 0 bridgehead atoms. The van der Waals surface area contributed by atoms with Crippen molar-refractivity contribution >= 4 is 11.8 Å². The van der Waals surface area contributed by atoms with Gasteiger partial charge < -0.3 is 5.73 Å². The maximum Gasteiger partial charge on any atom is 0.126 e. The topological polar surface area (TPSA) is 26.0 Å². The molecule has 0 radical (unpaired) electrons. The second-order valence-electron chi connectivity index (χ2n) is 4.91. The molecule has 1 atom stereocenters. The van der Waals surface area contributed by atoms with E-state index in [-0.39, 0.29) is 11.9 Å². The number of aryl methyl sites for hydroxylation is 1. The summed E-state index contributed by atoms with van der Waals surface area (Å²) in [5.74, 6) is 3.13. The quantitative estimate of drug-likeness (QED) is 0.889. The van der Waals surface area contributed by atoms with Crippen LogP contribution in [-0.2, 0) is 0 Å². The summed E-state index contributed by atoms with van der Waals surface area (Å²) in [6, 6.07) is 5.30. The second kappa shape index (κ2) is 5.87. The average molecular weight is 253 g/mol. The van der Waals surface area contributed by atoms with E-state index in [9.17, 15) is 4.39 Å². The van der Waals surface area contributed by atoms with Crippen molar-refractivity contribution in [1.82, 2.24) is 0 Å². The smallest absolute Gasteiger partial charge is 0.126 e. The summed E-state index contributed by atoms with van der Waals surface area (Å²) in [7, 11) is 0. The predicted molar refractivity (Wildman–Crippen MR) is 72.7 cm³/mol. The van der Waals surface area contributed by atoms with Crippen LogP contribution in [0.4, 0.5) is 4.39 Å². The maximum atomic E-state index is 13.2. The lowest BCUT2D eigenvalue weighted by molar-refractivity contribution is 0.413. The number of halogens is 1. The standard InChI is InChI=1S/C14H20FNS/c1-10-8-12(2-3-13(10)15)14(16)9-11-4-6-17-7-5-11/h2-3,8,11,14H,4-7,9,16H2,1H3. The van der Waals surface area contributed by atoms with E-state index in [4.69, 9.17) is 5.73 Å². The van der Waals surface area contributed by atoms with E-state index in [1.54, 1.807) is 6.92 Å². The highest BCUT2D eigenvalue weighted by Gasteiger charge is 2.18. The summed E-state index contributed by atoms with van der Waals surface area (Å²) in [5, 5.41) is 0. The summed E-state index contributed by atoms with van der Waals surface area (Å²) in [6.45, 7) is 1.79. The van der Waals surface area contributed by atoms with Crippen molar-refractivity contribution in [2.24, 2.45) is 11.7 Å². The molecule has 2 N–H and O–H groups in total. The van der Waals surface area contributed by atoms with Crippen LogP contribution in [-0.4, -0.2) is 11.5 Å². The van der Waals surface area contributed by atoms with E-state index in [1.165, 1.54) is 30.4 Å². The SMILES string of the molecule is Cc1cc(C(N)CC2CCSCC2)ccc1F. The Morgan fingerprint density at radius 1 is 1.41 bits per heavy atom. The van der Waals surface area contributed by atoms with Crippen molar-refractivity contribution < 1.29 is 4.39 Å². The first-order valence-electron chi connectivity index (χ1n) is 6.26. The molecular formula is C14H20FNS. The van der Waals surface area contributed by atoms with Gasteiger partial charge in [0.1, 0.15) is 5.82 Å². The summed E-state index contributed by atoms with van der Waals surface area (Å²) in [5.41, 5.74) is 7.98. The Kier molecular flexibility index (Phi) is 4.46. The van der Waals surface area contributed by atoms with Crippen molar-refractivity contribution in [2.45, 2.75) is 32.2 Å².